The van der Waals surface area contributed by atoms with Crippen molar-refractivity contribution in [1.29, 1.82) is 5.26 Å². The van der Waals surface area contributed by atoms with Crippen LogP contribution in [0.2, 0.25) is 5.02 Å². The Bertz CT molecular complexity index is 1230. The van der Waals surface area contributed by atoms with Crippen LogP contribution in [0.25, 0.3) is 6.08 Å². The summed E-state index contributed by atoms with van der Waals surface area (Å²) in [5, 5.41) is 10.3. The number of para-hydroxylation sites is 1. The van der Waals surface area contributed by atoms with E-state index in [9.17, 15) is 10.1 Å². The van der Waals surface area contributed by atoms with Crippen molar-refractivity contribution in [3.05, 3.63) is 94.0 Å². The molecule has 0 saturated carbocycles. The molecule has 0 spiro atoms. The number of anilines is 1. The number of methoxy groups -OCH3 is 1. The molecule has 4 rings (SSSR count). The molecule has 0 bridgehead atoms. The van der Waals surface area contributed by atoms with E-state index in [1.165, 1.54) is 0 Å². The van der Waals surface area contributed by atoms with Crippen LogP contribution in [0.3, 0.4) is 0 Å². The van der Waals surface area contributed by atoms with Crippen molar-refractivity contribution in [3.63, 3.8) is 0 Å². The molecule has 0 aromatic heterocycles. The minimum Gasteiger partial charge on any atom is -0.493 e. The van der Waals surface area contributed by atoms with E-state index in [4.69, 9.17) is 21.1 Å². The van der Waals surface area contributed by atoms with Gasteiger partial charge in [0.15, 0.2) is 11.5 Å². The summed E-state index contributed by atoms with van der Waals surface area (Å²) in [5.74, 6) is 0.736. The van der Waals surface area contributed by atoms with Crippen molar-refractivity contribution in [1.82, 2.24) is 0 Å². The van der Waals surface area contributed by atoms with E-state index in [2.05, 4.69) is 0 Å². The lowest BCUT2D eigenvalue weighted by Gasteiger charge is -2.16. The Morgan fingerprint density at radius 1 is 1.12 bits per heavy atom. The number of hydrogen-bond donors (Lipinski definition) is 0. The molecule has 6 heteroatoms. The molecule has 0 unspecified atom stereocenters. The number of rotatable bonds is 6. The summed E-state index contributed by atoms with van der Waals surface area (Å²) in [4.78, 5) is 14.7. The number of carbonyl (C=O) groups is 1. The molecule has 32 heavy (non-hydrogen) atoms. The van der Waals surface area contributed by atoms with Crippen LogP contribution in [0, 0.1) is 11.3 Å². The molecule has 3 aromatic rings. The van der Waals surface area contributed by atoms with Crippen LogP contribution in [0.1, 0.15) is 16.7 Å². The largest absolute Gasteiger partial charge is 0.493 e. The van der Waals surface area contributed by atoms with E-state index in [-0.39, 0.29) is 11.5 Å². The number of halogens is 1. The molecule has 3 aromatic carbocycles. The van der Waals surface area contributed by atoms with Crippen LogP contribution >= 0.6 is 11.6 Å². The van der Waals surface area contributed by atoms with Crippen LogP contribution in [0.15, 0.2) is 72.3 Å². The van der Waals surface area contributed by atoms with Gasteiger partial charge in [-0.1, -0.05) is 54.1 Å². The molecule has 0 fully saturated rings. The second-order valence-electron chi connectivity index (χ2n) is 7.30. The second kappa shape index (κ2) is 9.59. The number of hydrogen-bond acceptors (Lipinski definition) is 4. The van der Waals surface area contributed by atoms with Crippen molar-refractivity contribution in [2.24, 2.45) is 0 Å². The highest BCUT2D eigenvalue weighted by molar-refractivity contribution is 6.31. The molecule has 1 aliphatic heterocycles. The maximum absolute atomic E-state index is 13.0. The molecule has 0 saturated heterocycles. The minimum atomic E-state index is -0.310. The Kier molecular flexibility index (Phi) is 6.44. The van der Waals surface area contributed by atoms with Crippen molar-refractivity contribution < 1.29 is 14.3 Å². The topological polar surface area (TPSA) is 62.6 Å². The van der Waals surface area contributed by atoms with Gasteiger partial charge in [0.25, 0.3) is 5.91 Å². The number of nitriles is 1. The smallest absolute Gasteiger partial charge is 0.268 e. The highest BCUT2D eigenvalue weighted by Crippen LogP contribution is 2.32. The summed E-state index contributed by atoms with van der Waals surface area (Å²) in [6.45, 7) is 0.858. The molecule has 0 radical (unpaired) electrons. The lowest BCUT2D eigenvalue weighted by Crippen LogP contribution is -2.29. The fraction of sp³-hybridized carbons (Fsp3) is 0.154. The maximum atomic E-state index is 13.0. The molecule has 160 valence electrons. The van der Waals surface area contributed by atoms with Gasteiger partial charge in [-0.3, -0.25) is 4.79 Å². The van der Waals surface area contributed by atoms with E-state index in [1.54, 1.807) is 36.3 Å². The number of nitrogens with zero attached hydrogens (tertiary/aromatic N) is 2. The van der Waals surface area contributed by atoms with Gasteiger partial charge in [-0.25, -0.2) is 0 Å². The predicted molar refractivity (Wildman–Crippen MR) is 125 cm³/mol. The van der Waals surface area contributed by atoms with Gasteiger partial charge in [0.05, 0.1) is 7.11 Å². The van der Waals surface area contributed by atoms with E-state index in [1.807, 2.05) is 54.6 Å². The number of fused-ring (bicyclic) bond motifs is 1. The Labute approximate surface area is 192 Å². The van der Waals surface area contributed by atoms with E-state index >= 15 is 0 Å². The molecule has 1 aliphatic rings. The first-order valence-corrected chi connectivity index (χ1v) is 10.5. The van der Waals surface area contributed by atoms with E-state index in [0.717, 1.165) is 23.2 Å². The summed E-state index contributed by atoms with van der Waals surface area (Å²) in [6.07, 6.45) is 2.36. The van der Waals surface area contributed by atoms with Crippen LogP contribution in [0.5, 0.6) is 11.5 Å². The normalized spacial score (nSPS) is 12.8. The number of amides is 1. The van der Waals surface area contributed by atoms with Gasteiger partial charge in [-0.15, -0.1) is 0 Å². The predicted octanol–water partition coefficient (Wildman–Crippen LogP) is 5.42. The highest BCUT2D eigenvalue weighted by Gasteiger charge is 2.26. The van der Waals surface area contributed by atoms with Gasteiger partial charge in [-0.05, 0) is 47.9 Å². The molecule has 1 amide bonds. The standard InChI is InChI=1S/C26H21ClN2O3/c1-31-25-15-18(10-11-24(25)32-17-20-7-2-4-8-22(20)27)14-21(16-28)26(30)29-13-12-19-6-3-5-9-23(19)29/h2-11,14-15H,12-13,17H2,1H3/b21-14+. The minimum absolute atomic E-state index is 0.0634. The maximum Gasteiger partial charge on any atom is 0.268 e. The van der Waals surface area contributed by atoms with Gasteiger partial charge < -0.3 is 14.4 Å². The first kappa shape index (κ1) is 21.5. The summed E-state index contributed by atoms with van der Waals surface area (Å²) >= 11 is 6.19. The third-order valence-corrected chi connectivity index (χ3v) is 5.69. The number of benzene rings is 3. The number of ether oxygens (including phenoxy) is 2. The van der Waals surface area contributed by atoms with Crippen molar-refractivity contribution in [2.75, 3.05) is 18.6 Å². The van der Waals surface area contributed by atoms with Gasteiger partial charge in [0, 0.05) is 22.8 Å². The molecular weight excluding hydrogens is 424 g/mol. The van der Waals surface area contributed by atoms with Crippen LogP contribution in [0.4, 0.5) is 5.69 Å². The van der Waals surface area contributed by atoms with E-state index < -0.39 is 0 Å². The van der Waals surface area contributed by atoms with Gasteiger partial charge in [0.2, 0.25) is 0 Å². The average Bonchev–Trinajstić information content (AvgIpc) is 3.26. The Morgan fingerprint density at radius 2 is 1.91 bits per heavy atom. The zero-order valence-electron chi connectivity index (χ0n) is 17.5. The zero-order valence-corrected chi connectivity index (χ0v) is 18.3. The fourth-order valence-electron chi connectivity index (χ4n) is 3.67. The van der Waals surface area contributed by atoms with Crippen LogP contribution in [-0.4, -0.2) is 19.6 Å². The molecule has 0 atom stereocenters. The summed E-state index contributed by atoms with van der Waals surface area (Å²) < 4.78 is 11.3. The average molecular weight is 445 g/mol. The molecule has 0 N–H and O–H groups in total. The quantitative estimate of drug-likeness (QED) is 0.376. The Hall–Kier alpha value is -3.75. The third-order valence-electron chi connectivity index (χ3n) is 5.32. The second-order valence-corrected chi connectivity index (χ2v) is 7.70. The van der Waals surface area contributed by atoms with Gasteiger partial charge in [0.1, 0.15) is 18.2 Å². The summed E-state index contributed by atoms with van der Waals surface area (Å²) in [7, 11) is 1.54. The molecular formula is C26H21ClN2O3. The fourth-order valence-corrected chi connectivity index (χ4v) is 3.86. The zero-order chi connectivity index (χ0) is 22.5. The molecule has 0 aliphatic carbocycles. The summed E-state index contributed by atoms with van der Waals surface area (Å²) in [5.41, 5.74) is 3.57. The van der Waals surface area contributed by atoms with Gasteiger partial charge in [-0.2, -0.15) is 5.26 Å². The third kappa shape index (κ3) is 4.46. The molecule has 5 nitrogen and oxygen atoms in total. The van der Waals surface area contributed by atoms with Crippen LogP contribution in [-0.2, 0) is 17.8 Å². The number of carbonyl (C=O) groups excluding carboxylic acids is 1. The SMILES string of the molecule is COc1cc(/C=C(\C#N)C(=O)N2CCc3ccccc32)ccc1OCc1ccccc1Cl. The lowest BCUT2D eigenvalue weighted by molar-refractivity contribution is -0.114. The van der Waals surface area contributed by atoms with Crippen molar-refractivity contribution in [3.8, 4) is 17.6 Å². The van der Waals surface area contributed by atoms with Crippen molar-refractivity contribution >= 4 is 29.3 Å². The highest BCUT2D eigenvalue weighted by atomic mass is 35.5. The van der Waals surface area contributed by atoms with E-state index in [0.29, 0.717) is 35.2 Å². The first-order valence-electron chi connectivity index (χ1n) is 10.2. The Morgan fingerprint density at radius 3 is 2.69 bits per heavy atom. The molecule has 1 heterocycles. The Balaban J connectivity index is 1.54. The lowest BCUT2D eigenvalue weighted by atomic mass is 10.1. The van der Waals surface area contributed by atoms with Crippen molar-refractivity contribution in [2.45, 2.75) is 13.0 Å². The first-order chi connectivity index (χ1) is 15.6. The summed E-state index contributed by atoms with van der Waals surface area (Å²) in [6, 6.07) is 22.6. The van der Waals surface area contributed by atoms with Crippen LogP contribution < -0.4 is 14.4 Å². The van der Waals surface area contributed by atoms with Gasteiger partial charge >= 0.3 is 0 Å². The monoisotopic (exact) mass is 444 g/mol.